The Kier molecular flexibility index (Phi) is 5.67. The first-order valence-electron chi connectivity index (χ1n) is 9.10. The highest BCUT2D eigenvalue weighted by Crippen LogP contribution is 2.29. The minimum Gasteiger partial charge on any atom is -0.307 e. The summed E-state index contributed by atoms with van der Waals surface area (Å²) in [5, 5.41) is 7.92. The fourth-order valence-electron chi connectivity index (χ4n) is 2.78. The van der Waals surface area contributed by atoms with Crippen molar-refractivity contribution >= 4 is 23.5 Å². The van der Waals surface area contributed by atoms with E-state index in [0.717, 1.165) is 10.5 Å². The van der Waals surface area contributed by atoms with Crippen LogP contribution in [0, 0.1) is 6.92 Å². The van der Waals surface area contributed by atoms with Crippen molar-refractivity contribution in [1.29, 1.82) is 0 Å². The van der Waals surface area contributed by atoms with Crippen molar-refractivity contribution in [3.8, 4) is 0 Å². The topological polar surface area (TPSA) is 72.7 Å². The van der Waals surface area contributed by atoms with Crippen LogP contribution < -0.4 is 5.32 Å². The van der Waals surface area contributed by atoms with Gasteiger partial charge in [0.15, 0.2) is 0 Å². The number of hydrogen-bond donors (Lipinski definition) is 1. The van der Waals surface area contributed by atoms with Crippen molar-refractivity contribution in [2.45, 2.75) is 23.4 Å². The molecule has 0 spiro atoms. The molecule has 0 atom stereocenters. The largest absolute Gasteiger partial charge is 0.307 e. The molecule has 1 amide bonds. The minimum atomic E-state index is -0.222. The van der Waals surface area contributed by atoms with E-state index in [0.29, 0.717) is 23.0 Å². The van der Waals surface area contributed by atoms with Crippen LogP contribution in [0.2, 0.25) is 0 Å². The van der Waals surface area contributed by atoms with Crippen molar-refractivity contribution in [3.63, 3.8) is 0 Å². The fourth-order valence-corrected chi connectivity index (χ4v) is 3.66. The van der Waals surface area contributed by atoms with Crippen molar-refractivity contribution in [1.82, 2.24) is 19.7 Å². The summed E-state index contributed by atoms with van der Waals surface area (Å²) in [6.07, 6.45) is 6.87. The Bertz CT molecular complexity index is 1110. The third kappa shape index (κ3) is 4.70. The number of nitrogens with zero attached hydrogens (tertiary/aromatic N) is 4. The molecule has 0 aliphatic heterocycles. The van der Waals surface area contributed by atoms with Crippen LogP contribution in [-0.2, 0) is 6.54 Å². The monoisotopic (exact) mass is 401 g/mol. The maximum absolute atomic E-state index is 13.0. The molecule has 1 aromatic carbocycles. The molecule has 3 heterocycles. The molecular weight excluding hydrogens is 382 g/mol. The fraction of sp³-hybridized carbons (Fsp3) is 0.0909. The molecule has 29 heavy (non-hydrogen) atoms. The molecule has 3 aromatic heterocycles. The Labute approximate surface area is 173 Å². The number of aromatic nitrogens is 4. The van der Waals surface area contributed by atoms with Crippen LogP contribution >= 0.6 is 11.8 Å². The molecule has 0 aliphatic rings. The van der Waals surface area contributed by atoms with Gasteiger partial charge in [0.05, 0.1) is 18.3 Å². The quantitative estimate of drug-likeness (QED) is 0.517. The smallest absolute Gasteiger partial charge is 0.259 e. The first kappa shape index (κ1) is 18.9. The molecule has 0 saturated carbocycles. The van der Waals surface area contributed by atoms with Gasteiger partial charge in [-0.25, -0.2) is 9.67 Å². The van der Waals surface area contributed by atoms with Crippen LogP contribution in [0.5, 0.6) is 0 Å². The number of anilines is 1. The Morgan fingerprint density at radius 3 is 2.66 bits per heavy atom. The van der Waals surface area contributed by atoms with Crippen LogP contribution in [-0.4, -0.2) is 25.7 Å². The number of pyridine rings is 2. The Morgan fingerprint density at radius 1 is 1.03 bits per heavy atom. The summed E-state index contributed by atoms with van der Waals surface area (Å²) in [6.45, 7) is 2.57. The number of hydrogen-bond acceptors (Lipinski definition) is 5. The highest BCUT2D eigenvalue weighted by molar-refractivity contribution is 7.99. The Hall–Kier alpha value is -3.45. The Morgan fingerprint density at radius 2 is 1.86 bits per heavy atom. The van der Waals surface area contributed by atoms with Gasteiger partial charge in [0, 0.05) is 29.6 Å². The number of aryl methyl sites for hydroxylation is 1. The zero-order valence-corrected chi connectivity index (χ0v) is 16.6. The number of nitrogens with one attached hydrogen (secondary N) is 1. The molecule has 1 N–H and O–H groups in total. The molecule has 0 saturated heterocycles. The number of benzene rings is 1. The predicted molar refractivity (Wildman–Crippen MR) is 113 cm³/mol. The molecule has 0 unspecified atom stereocenters. The van der Waals surface area contributed by atoms with Gasteiger partial charge in [-0.15, -0.1) is 0 Å². The molecular formula is C22H19N5OS. The predicted octanol–water partition coefficient (Wildman–Crippen LogP) is 4.43. The summed E-state index contributed by atoms with van der Waals surface area (Å²) in [7, 11) is 0. The lowest BCUT2D eigenvalue weighted by Gasteiger charge is -2.11. The average molecular weight is 401 g/mol. The molecule has 0 radical (unpaired) electrons. The number of carbonyl (C=O) groups excluding carboxylic acids is 1. The normalized spacial score (nSPS) is 10.7. The molecule has 144 valence electrons. The highest BCUT2D eigenvalue weighted by Gasteiger charge is 2.15. The number of rotatable bonds is 6. The van der Waals surface area contributed by atoms with Gasteiger partial charge in [-0.1, -0.05) is 35.5 Å². The summed E-state index contributed by atoms with van der Waals surface area (Å²) in [6, 6.07) is 17.3. The van der Waals surface area contributed by atoms with E-state index in [2.05, 4.69) is 20.4 Å². The van der Waals surface area contributed by atoms with Gasteiger partial charge in [0.25, 0.3) is 5.91 Å². The van der Waals surface area contributed by atoms with Crippen LogP contribution in [0.4, 0.5) is 5.82 Å². The SMILES string of the molecule is Cc1ccc(Sc2ncccc2C(=O)Nc2ccnn2Cc2cccnc2)cc1. The van der Waals surface area contributed by atoms with E-state index in [9.17, 15) is 4.79 Å². The second-order valence-electron chi connectivity index (χ2n) is 6.46. The van der Waals surface area contributed by atoms with E-state index >= 15 is 0 Å². The first-order chi connectivity index (χ1) is 14.2. The van der Waals surface area contributed by atoms with E-state index in [1.165, 1.54) is 17.3 Å². The lowest BCUT2D eigenvalue weighted by Crippen LogP contribution is -2.17. The molecule has 6 nitrogen and oxygen atoms in total. The van der Waals surface area contributed by atoms with Crippen molar-refractivity contribution < 1.29 is 4.79 Å². The zero-order chi connectivity index (χ0) is 20.1. The third-order valence-electron chi connectivity index (χ3n) is 4.26. The summed E-state index contributed by atoms with van der Waals surface area (Å²) < 4.78 is 1.73. The summed E-state index contributed by atoms with van der Waals surface area (Å²) in [5.74, 6) is 0.398. The second-order valence-corrected chi connectivity index (χ2v) is 7.52. The van der Waals surface area contributed by atoms with Gasteiger partial charge >= 0.3 is 0 Å². The second kappa shape index (κ2) is 8.70. The Balaban J connectivity index is 1.53. The molecule has 0 aliphatic carbocycles. The van der Waals surface area contributed by atoms with E-state index in [1.807, 2.05) is 43.3 Å². The van der Waals surface area contributed by atoms with Crippen LogP contribution in [0.3, 0.4) is 0 Å². The summed E-state index contributed by atoms with van der Waals surface area (Å²) >= 11 is 1.47. The van der Waals surface area contributed by atoms with Crippen LogP contribution in [0.25, 0.3) is 0 Å². The molecule has 0 fully saturated rings. The van der Waals surface area contributed by atoms with Crippen molar-refractivity contribution in [3.05, 3.63) is 96.1 Å². The zero-order valence-electron chi connectivity index (χ0n) is 15.8. The maximum atomic E-state index is 13.0. The molecule has 4 rings (SSSR count). The minimum absolute atomic E-state index is 0.222. The van der Waals surface area contributed by atoms with Gasteiger partial charge in [0.1, 0.15) is 10.8 Å². The molecule has 4 aromatic rings. The average Bonchev–Trinajstić information content (AvgIpc) is 3.17. The number of carbonyl (C=O) groups is 1. The number of amides is 1. The van der Waals surface area contributed by atoms with Gasteiger partial charge in [-0.3, -0.25) is 9.78 Å². The molecule has 0 bridgehead atoms. The lowest BCUT2D eigenvalue weighted by molar-refractivity contribution is 0.102. The standard InChI is InChI=1S/C22H19N5OS/c1-16-6-8-18(9-7-16)29-22-19(5-3-12-24-22)21(28)26-20-10-13-25-27(20)15-17-4-2-11-23-14-17/h2-14H,15H2,1H3,(H,26,28). The maximum Gasteiger partial charge on any atom is 0.259 e. The van der Waals surface area contributed by atoms with Crippen molar-refractivity contribution in [2.24, 2.45) is 0 Å². The van der Waals surface area contributed by atoms with Gasteiger partial charge in [-0.05, 0) is 42.8 Å². The van der Waals surface area contributed by atoms with Crippen LogP contribution in [0.1, 0.15) is 21.5 Å². The van der Waals surface area contributed by atoms with Gasteiger partial charge in [0.2, 0.25) is 0 Å². The highest BCUT2D eigenvalue weighted by atomic mass is 32.2. The lowest BCUT2D eigenvalue weighted by atomic mass is 10.2. The summed E-state index contributed by atoms with van der Waals surface area (Å²) in [5.41, 5.74) is 2.71. The molecule has 7 heteroatoms. The summed E-state index contributed by atoms with van der Waals surface area (Å²) in [4.78, 5) is 22.5. The first-order valence-corrected chi connectivity index (χ1v) is 9.92. The van der Waals surface area contributed by atoms with Gasteiger partial charge in [-0.2, -0.15) is 5.10 Å². The van der Waals surface area contributed by atoms with Crippen molar-refractivity contribution in [2.75, 3.05) is 5.32 Å². The van der Waals surface area contributed by atoms with E-state index in [1.54, 1.807) is 47.7 Å². The van der Waals surface area contributed by atoms with Gasteiger partial charge < -0.3 is 5.32 Å². The van der Waals surface area contributed by atoms with E-state index in [4.69, 9.17) is 0 Å². The van der Waals surface area contributed by atoms with Crippen LogP contribution in [0.15, 0.2) is 89.3 Å². The van der Waals surface area contributed by atoms with E-state index in [-0.39, 0.29) is 5.91 Å². The van der Waals surface area contributed by atoms with E-state index < -0.39 is 0 Å². The third-order valence-corrected chi connectivity index (χ3v) is 5.29.